The van der Waals surface area contributed by atoms with Crippen molar-refractivity contribution in [2.45, 2.75) is 105 Å². The van der Waals surface area contributed by atoms with Crippen molar-refractivity contribution in [1.82, 2.24) is 0 Å². The molecule has 0 aromatic rings. The lowest BCUT2D eigenvalue weighted by atomic mass is 10.1. The third-order valence-corrected chi connectivity index (χ3v) is 12.2. The molecule has 30 heavy (non-hydrogen) atoms. The van der Waals surface area contributed by atoms with E-state index in [2.05, 4.69) is 6.92 Å². The van der Waals surface area contributed by atoms with Crippen LogP contribution in [0.4, 0.5) is 0 Å². The molecule has 6 nitrogen and oxygen atoms in total. The molecule has 1 atom stereocenters. The van der Waals surface area contributed by atoms with E-state index < -0.39 is 17.6 Å². The maximum atomic E-state index is 6.30. The van der Waals surface area contributed by atoms with Gasteiger partial charge in [-0.25, -0.2) is 0 Å². The Morgan fingerprint density at radius 3 is 1.30 bits per heavy atom. The van der Waals surface area contributed by atoms with Crippen LogP contribution in [0.5, 0.6) is 0 Å². The van der Waals surface area contributed by atoms with Gasteiger partial charge >= 0.3 is 17.6 Å². The molecule has 0 aliphatic heterocycles. The molecule has 8 heteroatoms. The minimum absolute atomic E-state index is 0.111. The van der Waals surface area contributed by atoms with Crippen LogP contribution in [0, 0.1) is 0 Å². The van der Waals surface area contributed by atoms with Crippen LogP contribution in [0.1, 0.15) is 93.4 Å². The summed E-state index contributed by atoms with van der Waals surface area (Å²) in [6.45, 7) is 17.7. The average Bonchev–Trinajstić information content (AvgIpc) is 2.71. The average molecular weight is 467 g/mol. The van der Waals surface area contributed by atoms with Gasteiger partial charge in [0.2, 0.25) is 0 Å². The van der Waals surface area contributed by atoms with Crippen molar-refractivity contribution in [2.24, 2.45) is 0 Å². The van der Waals surface area contributed by atoms with Crippen molar-refractivity contribution in [2.75, 3.05) is 39.6 Å². The van der Waals surface area contributed by atoms with Crippen LogP contribution in [0.3, 0.4) is 0 Å². The molecule has 0 aliphatic carbocycles. The molecular formula is C22H50O6Si2. The van der Waals surface area contributed by atoms with Gasteiger partial charge in [-0.3, -0.25) is 0 Å². The highest BCUT2D eigenvalue weighted by atomic mass is 28.4. The summed E-state index contributed by atoms with van der Waals surface area (Å²) in [4.78, 5) is 0. The molecule has 0 spiro atoms. The van der Waals surface area contributed by atoms with E-state index >= 15 is 0 Å². The first-order valence-corrected chi connectivity index (χ1v) is 16.1. The van der Waals surface area contributed by atoms with Crippen LogP contribution in [-0.4, -0.2) is 57.3 Å². The first-order valence-electron chi connectivity index (χ1n) is 12.4. The molecule has 0 N–H and O–H groups in total. The largest absolute Gasteiger partial charge is 0.504 e. The molecule has 0 rings (SSSR count). The second-order valence-electron chi connectivity index (χ2n) is 7.34. The molecule has 182 valence electrons. The summed E-state index contributed by atoms with van der Waals surface area (Å²) in [5.41, 5.74) is 0.111. The molecule has 0 aromatic heterocycles. The van der Waals surface area contributed by atoms with Crippen molar-refractivity contribution in [3.8, 4) is 0 Å². The number of hydrogen-bond donors (Lipinski definition) is 0. The van der Waals surface area contributed by atoms with Gasteiger partial charge in [0.05, 0.1) is 0 Å². The molecule has 0 saturated heterocycles. The maximum Gasteiger partial charge on any atom is 0.504 e. The van der Waals surface area contributed by atoms with Gasteiger partial charge < -0.3 is 26.6 Å². The highest BCUT2D eigenvalue weighted by Gasteiger charge is 2.55. The molecule has 0 amide bonds. The van der Waals surface area contributed by atoms with Gasteiger partial charge in [-0.15, -0.1) is 0 Å². The SMILES string of the molecule is CCCCCCCCC(C[Si](OCC)(OCC)OCC)[Si](OCC)(OCC)OCC. The molecule has 0 saturated carbocycles. The third-order valence-electron chi connectivity index (χ3n) is 5.03. The van der Waals surface area contributed by atoms with Crippen molar-refractivity contribution in [3.63, 3.8) is 0 Å². The molecule has 1 unspecified atom stereocenters. The quantitative estimate of drug-likeness (QED) is 0.140. The minimum Gasteiger partial charge on any atom is -0.374 e. The highest BCUT2D eigenvalue weighted by molar-refractivity contribution is 6.68. The minimum atomic E-state index is -2.90. The lowest BCUT2D eigenvalue weighted by molar-refractivity contribution is 0.0473. The smallest absolute Gasteiger partial charge is 0.374 e. The fourth-order valence-corrected chi connectivity index (χ4v) is 11.1. The van der Waals surface area contributed by atoms with Crippen LogP contribution in [0.15, 0.2) is 0 Å². The summed E-state index contributed by atoms with van der Waals surface area (Å²) in [7, 11) is -5.74. The number of hydrogen-bond acceptors (Lipinski definition) is 6. The first-order chi connectivity index (χ1) is 14.5. The summed E-state index contributed by atoms with van der Waals surface area (Å²) in [6.07, 6.45) is 8.50. The van der Waals surface area contributed by atoms with E-state index in [1.807, 2.05) is 41.5 Å². The Labute approximate surface area is 189 Å². The third kappa shape index (κ3) is 11.2. The van der Waals surface area contributed by atoms with Gasteiger partial charge in [-0.05, 0) is 48.0 Å². The van der Waals surface area contributed by atoms with E-state index in [-0.39, 0.29) is 5.54 Å². The van der Waals surface area contributed by atoms with E-state index in [1.165, 1.54) is 32.1 Å². The fourth-order valence-electron chi connectivity index (χ4n) is 3.92. The molecule has 0 radical (unpaired) electrons. The lowest BCUT2D eigenvalue weighted by Crippen LogP contribution is -2.55. The van der Waals surface area contributed by atoms with Gasteiger partial charge in [0.25, 0.3) is 0 Å². The van der Waals surface area contributed by atoms with Crippen LogP contribution < -0.4 is 0 Å². The van der Waals surface area contributed by atoms with Crippen LogP contribution in [-0.2, 0) is 26.6 Å². The predicted octanol–water partition coefficient (Wildman–Crippen LogP) is 6.20. The Morgan fingerprint density at radius 1 is 0.500 bits per heavy atom. The summed E-state index contributed by atoms with van der Waals surface area (Å²) in [5.74, 6) is 0. The zero-order valence-electron chi connectivity index (χ0n) is 20.9. The zero-order valence-corrected chi connectivity index (χ0v) is 22.9. The summed E-state index contributed by atoms with van der Waals surface area (Å²) in [5, 5.41) is 0. The normalized spacial score (nSPS) is 13.7. The second-order valence-corrected chi connectivity index (χ2v) is 12.9. The van der Waals surface area contributed by atoms with Crippen LogP contribution >= 0.6 is 0 Å². The van der Waals surface area contributed by atoms with E-state index in [1.54, 1.807) is 0 Å². The summed E-state index contributed by atoms with van der Waals surface area (Å²) >= 11 is 0. The number of unbranched alkanes of at least 4 members (excludes halogenated alkanes) is 5. The van der Waals surface area contributed by atoms with Crippen molar-refractivity contribution in [3.05, 3.63) is 0 Å². The fraction of sp³-hybridized carbons (Fsp3) is 1.00. The molecule has 0 aliphatic rings. The molecular weight excluding hydrogens is 416 g/mol. The molecule has 0 fully saturated rings. The molecule has 0 aromatic carbocycles. The Kier molecular flexibility index (Phi) is 18.9. The van der Waals surface area contributed by atoms with E-state index in [0.717, 1.165) is 12.8 Å². The van der Waals surface area contributed by atoms with Crippen molar-refractivity contribution < 1.29 is 26.6 Å². The number of rotatable bonds is 22. The van der Waals surface area contributed by atoms with Gasteiger partial charge in [0.15, 0.2) is 0 Å². The Balaban J connectivity index is 5.67. The van der Waals surface area contributed by atoms with Gasteiger partial charge in [-0.1, -0.05) is 45.4 Å². The zero-order chi connectivity index (χ0) is 22.7. The van der Waals surface area contributed by atoms with E-state index in [4.69, 9.17) is 26.6 Å². The van der Waals surface area contributed by atoms with Crippen molar-refractivity contribution in [1.29, 1.82) is 0 Å². The maximum absolute atomic E-state index is 6.30. The van der Waals surface area contributed by atoms with Gasteiger partial charge in [0.1, 0.15) is 0 Å². The van der Waals surface area contributed by atoms with E-state index in [9.17, 15) is 0 Å². The van der Waals surface area contributed by atoms with Gasteiger partial charge in [-0.2, -0.15) is 0 Å². The van der Waals surface area contributed by atoms with Crippen LogP contribution in [0.2, 0.25) is 11.6 Å². The predicted molar refractivity (Wildman–Crippen MR) is 128 cm³/mol. The first kappa shape index (κ1) is 30.2. The Hall–Kier alpha value is 0.194. The Morgan fingerprint density at radius 2 is 0.900 bits per heavy atom. The monoisotopic (exact) mass is 466 g/mol. The summed E-state index contributed by atoms with van der Waals surface area (Å²) < 4.78 is 37.4. The summed E-state index contributed by atoms with van der Waals surface area (Å²) in [6, 6.07) is 0.684. The highest BCUT2D eigenvalue weighted by Crippen LogP contribution is 2.39. The lowest BCUT2D eigenvalue weighted by Gasteiger charge is -2.39. The van der Waals surface area contributed by atoms with Gasteiger partial charge in [0, 0.05) is 51.2 Å². The Bertz CT molecular complexity index is 353. The second kappa shape index (κ2) is 18.7. The van der Waals surface area contributed by atoms with Crippen LogP contribution in [0.25, 0.3) is 0 Å². The molecule has 0 heterocycles. The molecule has 0 bridgehead atoms. The van der Waals surface area contributed by atoms with E-state index in [0.29, 0.717) is 45.7 Å². The topological polar surface area (TPSA) is 55.4 Å². The van der Waals surface area contributed by atoms with Crippen molar-refractivity contribution >= 4 is 17.6 Å². The standard InChI is InChI=1S/C22H50O6Si2/c1-8-15-16-17-18-19-20-22(30(26-12-5,27-13-6)28-14-7)21-29(23-9-2,24-10-3)25-11-4/h22H,8-21H2,1-7H3.